The molecule has 0 unspecified atom stereocenters. The predicted molar refractivity (Wildman–Crippen MR) is 71.7 cm³/mol. The molecule has 0 saturated carbocycles. The fraction of sp³-hybridized carbons (Fsp3) is 0.462. The monoisotopic (exact) mass is 257 g/mol. The highest BCUT2D eigenvalue weighted by Gasteiger charge is 2.17. The van der Waals surface area contributed by atoms with Crippen molar-refractivity contribution < 1.29 is 9.90 Å². The summed E-state index contributed by atoms with van der Waals surface area (Å²) in [6.07, 6.45) is 1.88. The van der Waals surface area contributed by atoms with Crippen LogP contribution in [-0.2, 0) is 11.2 Å². The van der Waals surface area contributed by atoms with Gasteiger partial charge in [0.05, 0.1) is 6.54 Å². The molecule has 0 aliphatic rings. The molecular weight excluding hydrogens is 238 g/mol. The summed E-state index contributed by atoms with van der Waals surface area (Å²) in [5.74, 6) is -0.812. The second-order valence-electron chi connectivity index (χ2n) is 4.62. The Bertz CT molecular complexity index is 339. The molecule has 0 aromatic heterocycles. The molecule has 17 heavy (non-hydrogen) atoms. The van der Waals surface area contributed by atoms with E-state index in [4.69, 9.17) is 5.11 Å². The van der Waals surface area contributed by atoms with Crippen molar-refractivity contribution >= 4 is 18.4 Å². The van der Waals surface area contributed by atoms with Gasteiger partial charge in [-0.25, -0.2) is 0 Å². The van der Waals surface area contributed by atoms with E-state index in [0.29, 0.717) is 0 Å². The molecule has 1 rings (SSSR count). The third-order valence-corrected chi connectivity index (χ3v) is 2.60. The van der Waals surface area contributed by atoms with Gasteiger partial charge in [0.2, 0.25) is 0 Å². The molecule has 0 fully saturated rings. The van der Waals surface area contributed by atoms with Gasteiger partial charge in [-0.1, -0.05) is 30.3 Å². The van der Waals surface area contributed by atoms with Gasteiger partial charge in [-0.15, -0.1) is 12.4 Å². The van der Waals surface area contributed by atoms with Crippen LogP contribution < -0.4 is 5.32 Å². The Hall–Kier alpha value is -1.06. The number of halogens is 1. The predicted octanol–water partition coefficient (Wildman–Crippen LogP) is 2.49. The summed E-state index contributed by atoms with van der Waals surface area (Å²) < 4.78 is 0. The Morgan fingerprint density at radius 3 is 2.41 bits per heavy atom. The summed E-state index contributed by atoms with van der Waals surface area (Å²) in [4.78, 5) is 10.5. The standard InChI is InChI=1S/C13H19NO2.ClH/c1-13(2,14-10-12(15)16)9-8-11-6-4-3-5-7-11;/h3-7,14H,8-10H2,1-2H3,(H,15,16);1H. The van der Waals surface area contributed by atoms with Crippen molar-refractivity contribution in [3.05, 3.63) is 35.9 Å². The molecule has 2 N–H and O–H groups in total. The van der Waals surface area contributed by atoms with Crippen molar-refractivity contribution in [3.63, 3.8) is 0 Å². The molecule has 0 saturated heterocycles. The first-order chi connectivity index (χ1) is 7.49. The van der Waals surface area contributed by atoms with Gasteiger partial charge < -0.3 is 10.4 Å². The molecule has 0 aliphatic carbocycles. The lowest BCUT2D eigenvalue weighted by Crippen LogP contribution is -2.42. The molecular formula is C13H20ClNO2. The Morgan fingerprint density at radius 2 is 1.88 bits per heavy atom. The van der Waals surface area contributed by atoms with E-state index in [2.05, 4.69) is 17.4 Å². The van der Waals surface area contributed by atoms with Crippen LogP contribution in [-0.4, -0.2) is 23.2 Å². The fourth-order valence-electron chi connectivity index (χ4n) is 1.50. The van der Waals surface area contributed by atoms with E-state index < -0.39 is 5.97 Å². The summed E-state index contributed by atoms with van der Waals surface area (Å²) in [5, 5.41) is 11.6. The van der Waals surface area contributed by atoms with Crippen LogP contribution in [0.15, 0.2) is 30.3 Å². The average Bonchev–Trinajstić information content (AvgIpc) is 2.26. The Balaban J connectivity index is 0.00000256. The highest BCUT2D eigenvalue weighted by atomic mass is 35.5. The number of nitrogens with one attached hydrogen (secondary N) is 1. The largest absolute Gasteiger partial charge is 0.480 e. The number of benzene rings is 1. The molecule has 0 bridgehead atoms. The second kappa shape index (κ2) is 7.30. The third kappa shape index (κ3) is 6.97. The van der Waals surface area contributed by atoms with Gasteiger partial charge in [0.15, 0.2) is 0 Å². The van der Waals surface area contributed by atoms with Crippen LogP contribution >= 0.6 is 12.4 Å². The van der Waals surface area contributed by atoms with Crippen molar-refractivity contribution in [1.29, 1.82) is 0 Å². The summed E-state index contributed by atoms with van der Waals surface area (Å²) in [6.45, 7) is 4.07. The first-order valence-electron chi connectivity index (χ1n) is 5.50. The van der Waals surface area contributed by atoms with Crippen molar-refractivity contribution in [1.82, 2.24) is 5.32 Å². The lowest BCUT2D eigenvalue weighted by Gasteiger charge is -2.25. The molecule has 0 atom stereocenters. The maximum Gasteiger partial charge on any atom is 0.317 e. The van der Waals surface area contributed by atoms with Gasteiger partial charge in [-0.05, 0) is 32.3 Å². The summed E-state index contributed by atoms with van der Waals surface area (Å²) in [6, 6.07) is 10.2. The summed E-state index contributed by atoms with van der Waals surface area (Å²) in [7, 11) is 0. The van der Waals surface area contributed by atoms with Gasteiger partial charge >= 0.3 is 5.97 Å². The van der Waals surface area contributed by atoms with E-state index in [1.807, 2.05) is 32.0 Å². The smallest absolute Gasteiger partial charge is 0.317 e. The van der Waals surface area contributed by atoms with Gasteiger partial charge in [0.1, 0.15) is 0 Å². The van der Waals surface area contributed by atoms with Crippen molar-refractivity contribution in [3.8, 4) is 0 Å². The van der Waals surface area contributed by atoms with E-state index >= 15 is 0 Å². The van der Waals surface area contributed by atoms with E-state index in [9.17, 15) is 4.79 Å². The van der Waals surface area contributed by atoms with E-state index in [-0.39, 0.29) is 24.5 Å². The average molecular weight is 258 g/mol. The normalized spacial score (nSPS) is 10.7. The first kappa shape index (κ1) is 15.9. The number of hydrogen-bond acceptors (Lipinski definition) is 2. The zero-order chi connectivity index (χ0) is 12.0. The van der Waals surface area contributed by atoms with E-state index in [0.717, 1.165) is 12.8 Å². The van der Waals surface area contributed by atoms with Gasteiger partial charge in [0, 0.05) is 5.54 Å². The maximum atomic E-state index is 10.5. The molecule has 4 heteroatoms. The third-order valence-electron chi connectivity index (χ3n) is 2.60. The van der Waals surface area contributed by atoms with Crippen molar-refractivity contribution in [2.45, 2.75) is 32.2 Å². The van der Waals surface area contributed by atoms with E-state index in [1.165, 1.54) is 5.56 Å². The lowest BCUT2D eigenvalue weighted by atomic mass is 9.95. The maximum absolute atomic E-state index is 10.5. The molecule has 96 valence electrons. The highest BCUT2D eigenvalue weighted by Crippen LogP contribution is 2.13. The number of rotatable bonds is 6. The molecule has 0 spiro atoms. The van der Waals surface area contributed by atoms with Crippen LogP contribution in [0.4, 0.5) is 0 Å². The molecule has 0 radical (unpaired) electrons. The summed E-state index contributed by atoms with van der Waals surface area (Å²) in [5.41, 5.74) is 1.14. The lowest BCUT2D eigenvalue weighted by molar-refractivity contribution is -0.136. The van der Waals surface area contributed by atoms with Crippen LogP contribution in [0, 0.1) is 0 Å². The highest BCUT2D eigenvalue weighted by molar-refractivity contribution is 5.85. The number of aliphatic carboxylic acids is 1. The topological polar surface area (TPSA) is 49.3 Å². The minimum absolute atomic E-state index is 0. The van der Waals surface area contributed by atoms with Crippen LogP contribution in [0.3, 0.4) is 0 Å². The molecule has 1 aromatic carbocycles. The Kier molecular flexibility index (Phi) is 6.85. The van der Waals surface area contributed by atoms with Crippen LogP contribution in [0.25, 0.3) is 0 Å². The van der Waals surface area contributed by atoms with Crippen LogP contribution in [0.5, 0.6) is 0 Å². The number of hydrogen-bond donors (Lipinski definition) is 2. The number of carboxylic acids is 1. The van der Waals surface area contributed by atoms with Crippen LogP contribution in [0.2, 0.25) is 0 Å². The van der Waals surface area contributed by atoms with Gasteiger partial charge in [-0.2, -0.15) is 0 Å². The minimum Gasteiger partial charge on any atom is -0.480 e. The zero-order valence-corrected chi connectivity index (χ0v) is 11.1. The van der Waals surface area contributed by atoms with Crippen molar-refractivity contribution in [2.75, 3.05) is 6.54 Å². The Labute approximate surface area is 109 Å². The molecule has 0 aliphatic heterocycles. The van der Waals surface area contributed by atoms with Gasteiger partial charge in [0.25, 0.3) is 0 Å². The first-order valence-corrected chi connectivity index (χ1v) is 5.50. The molecule has 0 amide bonds. The molecule has 1 aromatic rings. The van der Waals surface area contributed by atoms with E-state index in [1.54, 1.807) is 0 Å². The van der Waals surface area contributed by atoms with Crippen LogP contribution in [0.1, 0.15) is 25.8 Å². The number of carbonyl (C=O) groups is 1. The molecule has 0 heterocycles. The number of carboxylic acid groups (broad SMARTS) is 1. The minimum atomic E-state index is -0.812. The van der Waals surface area contributed by atoms with Gasteiger partial charge in [-0.3, -0.25) is 4.79 Å². The fourth-order valence-corrected chi connectivity index (χ4v) is 1.50. The summed E-state index contributed by atoms with van der Waals surface area (Å²) >= 11 is 0. The zero-order valence-electron chi connectivity index (χ0n) is 10.3. The quantitative estimate of drug-likeness (QED) is 0.823. The molecule has 3 nitrogen and oxygen atoms in total. The SMILES string of the molecule is CC(C)(CCc1ccccc1)NCC(=O)O.Cl. The number of aryl methyl sites for hydroxylation is 1. The Morgan fingerprint density at radius 1 is 1.29 bits per heavy atom. The second-order valence-corrected chi connectivity index (χ2v) is 4.62. The van der Waals surface area contributed by atoms with Crippen molar-refractivity contribution in [2.24, 2.45) is 0 Å².